The SMILES string of the molecule is COCCNCCNC(=O)C1CC(=O)N(c2ccc3c(c2)OCCO3)C1. The average molecular weight is 363 g/mol. The summed E-state index contributed by atoms with van der Waals surface area (Å²) in [6, 6.07) is 5.42. The van der Waals surface area contributed by atoms with E-state index in [-0.39, 0.29) is 24.2 Å². The Morgan fingerprint density at radius 1 is 1.23 bits per heavy atom. The summed E-state index contributed by atoms with van der Waals surface area (Å²) in [5, 5.41) is 6.04. The van der Waals surface area contributed by atoms with E-state index in [0.717, 1.165) is 12.2 Å². The number of nitrogens with zero attached hydrogens (tertiary/aromatic N) is 1. The molecule has 1 unspecified atom stereocenters. The fraction of sp³-hybridized carbons (Fsp3) is 0.556. The molecule has 2 N–H and O–H groups in total. The summed E-state index contributed by atoms with van der Waals surface area (Å²) in [4.78, 5) is 26.3. The van der Waals surface area contributed by atoms with Gasteiger partial charge >= 0.3 is 0 Å². The third-order valence-electron chi connectivity index (χ3n) is 4.42. The standard InChI is InChI=1S/C18H25N3O5/c1-24-7-6-19-4-5-20-18(23)13-10-17(22)21(12-13)14-2-3-15-16(11-14)26-9-8-25-15/h2-3,11,13,19H,4-10,12H2,1H3,(H,20,23). The molecule has 26 heavy (non-hydrogen) atoms. The maximum absolute atomic E-state index is 12.4. The molecule has 1 fully saturated rings. The van der Waals surface area contributed by atoms with Gasteiger partial charge in [-0.05, 0) is 12.1 Å². The highest BCUT2D eigenvalue weighted by Gasteiger charge is 2.35. The second-order valence-electron chi connectivity index (χ2n) is 6.27. The monoisotopic (exact) mass is 363 g/mol. The predicted molar refractivity (Wildman–Crippen MR) is 95.6 cm³/mol. The number of benzene rings is 1. The molecule has 0 bridgehead atoms. The highest BCUT2D eigenvalue weighted by atomic mass is 16.6. The lowest BCUT2D eigenvalue weighted by Gasteiger charge is -2.22. The first kappa shape index (κ1) is 18.5. The van der Waals surface area contributed by atoms with Gasteiger partial charge in [0.1, 0.15) is 13.2 Å². The lowest BCUT2D eigenvalue weighted by atomic mass is 10.1. The summed E-state index contributed by atoms with van der Waals surface area (Å²) in [5.41, 5.74) is 0.732. The number of carbonyl (C=O) groups excluding carboxylic acids is 2. The summed E-state index contributed by atoms with van der Waals surface area (Å²) in [7, 11) is 1.65. The summed E-state index contributed by atoms with van der Waals surface area (Å²) >= 11 is 0. The van der Waals surface area contributed by atoms with Crippen LogP contribution in [0.4, 0.5) is 5.69 Å². The summed E-state index contributed by atoms with van der Waals surface area (Å²) in [6.07, 6.45) is 0.220. The van der Waals surface area contributed by atoms with Crippen LogP contribution in [-0.4, -0.2) is 64.9 Å². The molecule has 0 aliphatic carbocycles. The van der Waals surface area contributed by atoms with Gasteiger partial charge in [-0.1, -0.05) is 0 Å². The number of ether oxygens (including phenoxy) is 3. The fourth-order valence-electron chi connectivity index (χ4n) is 3.05. The van der Waals surface area contributed by atoms with Crippen LogP contribution in [-0.2, 0) is 14.3 Å². The molecule has 2 amide bonds. The Balaban J connectivity index is 1.51. The van der Waals surface area contributed by atoms with Crippen molar-refractivity contribution in [2.75, 3.05) is 58.0 Å². The molecule has 2 heterocycles. The van der Waals surface area contributed by atoms with Gasteiger partial charge < -0.3 is 29.7 Å². The van der Waals surface area contributed by atoms with E-state index < -0.39 is 0 Å². The van der Waals surface area contributed by atoms with Gasteiger partial charge in [0.25, 0.3) is 0 Å². The Hall–Kier alpha value is -2.32. The number of fused-ring (bicyclic) bond motifs is 1. The molecular weight excluding hydrogens is 338 g/mol. The minimum atomic E-state index is -0.338. The minimum absolute atomic E-state index is 0.0555. The van der Waals surface area contributed by atoms with Crippen molar-refractivity contribution >= 4 is 17.5 Å². The van der Waals surface area contributed by atoms with Crippen molar-refractivity contribution in [1.82, 2.24) is 10.6 Å². The van der Waals surface area contributed by atoms with Crippen LogP contribution in [0.5, 0.6) is 11.5 Å². The van der Waals surface area contributed by atoms with E-state index in [1.165, 1.54) is 0 Å². The van der Waals surface area contributed by atoms with Gasteiger partial charge in [0.05, 0.1) is 12.5 Å². The Bertz CT molecular complexity index is 652. The maximum Gasteiger partial charge on any atom is 0.227 e. The summed E-state index contributed by atoms with van der Waals surface area (Å²) in [5.74, 6) is 0.833. The first-order valence-corrected chi connectivity index (χ1v) is 8.86. The molecule has 1 saturated heterocycles. The van der Waals surface area contributed by atoms with E-state index in [9.17, 15) is 9.59 Å². The fourth-order valence-corrected chi connectivity index (χ4v) is 3.05. The topological polar surface area (TPSA) is 89.1 Å². The molecular formula is C18H25N3O5. The number of hydrogen-bond acceptors (Lipinski definition) is 6. The van der Waals surface area contributed by atoms with E-state index in [1.807, 2.05) is 6.07 Å². The molecule has 2 aliphatic rings. The van der Waals surface area contributed by atoms with E-state index in [2.05, 4.69) is 10.6 Å². The smallest absolute Gasteiger partial charge is 0.227 e. The second-order valence-corrected chi connectivity index (χ2v) is 6.27. The third-order valence-corrected chi connectivity index (χ3v) is 4.42. The van der Waals surface area contributed by atoms with Gasteiger partial charge in [-0.15, -0.1) is 0 Å². The lowest BCUT2D eigenvalue weighted by Crippen LogP contribution is -2.37. The largest absolute Gasteiger partial charge is 0.486 e. The molecule has 142 valence electrons. The van der Waals surface area contributed by atoms with Crippen molar-refractivity contribution in [3.05, 3.63) is 18.2 Å². The van der Waals surface area contributed by atoms with Crippen LogP contribution < -0.4 is 25.0 Å². The highest BCUT2D eigenvalue weighted by Crippen LogP contribution is 2.35. The predicted octanol–water partition coefficient (Wildman–Crippen LogP) is 0.163. The molecule has 0 aromatic heterocycles. The maximum atomic E-state index is 12.4. The van der Waals surface area contributed by atoms with Crippen LogP contribution in [0.25, 0.3) is 0 Å². The number of hydrogen-bond donors (Lipinski definition) is 2. The lowest BCUT2D eigenvalue weighted by molar-refractivity contribution is -0.126. The van der Waals surface area contributed by atoms with E-state index in [0.29, 0.717) is 51.0 Å². The first-order valence-electron chi connectivity index (χ1n) is 8.86. The van der Waals surface area contributed by atoms with Crippen LogP contribution >= 0.6 is 0 Å². The first-order chi connectivity index (χ1) is 12.7. The third kappa shape index (κ3) is 4.44. The Labute approximate surface area is 152 Å². The second kappa shape index (κ2) is 8.86. The molecule has 8 nitrogen and oxygen atoms in total. The van der Waals surface area contributed by atoms with Crippen molar-refractivity contribution in [2.45, 2.75) is 6.42 Å². The number of nitrogens with one attached hydrogen (secondary N) is 2. The van der Waals surface area contributed by atoms with Gasteiger partial charge in [0, 0.05) is 51.5 Å². The molecule has 1 aromatic rings. The van der Waals surface area contributed by atoms with Crippen LogP contribution in [0, 0.1) is 5.92 Å². The van der Waals surface area contributed by atoms with Gasteiger partial charge in [0.2, 0.25) is 11.8 Å². The Morgan fingerprint density at radius 3 is 2.85 bits per heavy atom. The zero-order valence-electron chi connectivity index (χ0n) is 15.0. The summed E-state index contributed by atoms with van der Waals surface area (Å²) < 4.78 is 16.0. The molecule has 3 rings (SSSR count). The highest BCUT2D eigenvalue weighted by molar-refractivity contribution is 6.00. The number of amides is 2. The van der Waals surface area contributed by atoms with Crippen molar-refractivity contribution in [3.63, 3.8) is 0 Å². The molecule has 2 aliphatic heterocycles. The molecule has 0 spiro atoms. The van der Waals surface area contributed by atoms with Crippen LogP contribution in [0.3, 0.4) is 0 Å². The zero-order valence-corrected chi connectivity index (χ0v) is 15.0. The van der Waals surface area contributed by atoms with E-state index >= 15 is 0 Å². The Kier molecular flexibility index (Phi) is 6.30. The van der Waals surface area contributed by atoms with Crippen LogP contribution in [0.2, 0.25) is 0 Å². The number of anilines is 1. The average Bonchev–Trinajstić information content (AvgIpc) is 3.06. The molecule has 0 radical (unpaired) electrons. The number of methoxy groups -OCH3 is 1. The van der Waals surface area contributed by atoms with Crippen molar-refractivity contribution in [2.24, 2.45) is 5.92 Å². The van der Waals surface area contributed by atoms with Crippen LogP contribution in [0.15, 0.2) is 18.2 Å². The van der Waals surface area contributed by atoms with Crippen molar-refractivity contribution < 1.29 is 23.8 Å². The molecule has 1 aromatic carbocycles. The van der Waals surface area contributed by atoms with Crippen LogP contribution in [0.1, 0.15) is 6.42 Å². The van der Waals surface area contributed by atoms with Gasteiger partial charge in [-0.3, -0.25) is 9.59 Å². The van der Waals surface area contributed by atoms with Crippen molar-refractivity contribution in [1.29, 1.82) is 0 Å². The van der Waals surface area contributed by atoms with Crippen molar-refractivity contribution in [3.8, 4) is 11.5 Å². The van der Waals surface area contributed by atoms with Gasteiger partial charge in [0.15, 0.2) is 11.5 Å². The van der Waals surface area contributed by atoms with Gasteiger partial charge in [-0.25, -0.2) is 0 Å². The summed E-state index contributed by atoms with van der Waals surface area (Å²) in [6.45, 7) is 3.97. The quantitative estimate of drug-likeness (QED) is 0.640. The van der Waals surface area contributed by atoms with Gasteiger partial charge in [-0.2, -0.15) is 0 Å². The molecule has 8 heteroatoms. The molecule has 0 saturated carbocycles. The molecule has 1 atom stereocenters. The Morgan fingerprint density at radius 2 is 2.04 bits per heavy atom. The number of carbonyl (C=O) groups is 2. The number of rotatable bonds is 8. The minimum Gasteiger partial charge on any atom is -0.486 e. The zero-order chi connectivity index (χ0) is 18.4. The van der Waals surface area contributed by atoms with E-state index in [1.54, 1.807) is 24.1 Å². The normalized spacial score (nSPS) is 18.9. The van der Waals surface area contributed by atoms with E-state index in [4.69, 9.17) is 14.2 Å².